The Labute approximate surface area is 135 Å². The largest absolute Gasteiger partial charge is 0.463 e. The van der Waals surface area contributed by atoms with Gasteiger partial charge in [-0.15, -0.1) is 0 Å². The summed E-state index contributed by atoms with van der Waals surface area (Å²) in [6.07, 6.45) is 2.05. The molecule has 0 aromatic carbocycles. The Bertz CT molecular complexity index is 628. The molecule has 124 valence electrons. The molecule has 1 aliphatic heterocycles. The molecule has 0 bridgehead atoms. The highest BCUT2D eigenvalue weighted by Crippen LogP contribution is 2.17. The Hall–Kier alpha value is -2.12. The molecule has 0 aliphatic carbocycles. The molecule has 0 saturated carbocycles. The molecule has 2 aromatic heterocycles. The lowest BCUT2D eigenvalue weighted by molar-refractivity contribution is -0.0672. The van der Waals surface area contributed by atoms with Crippen molar-refractivity contribution in [2.75, 3.05) is 26.2 Å². The Morgan fingerprint density at radius 2 is 2.22 bits per heavy atom. The highest BCUT2D eigenvalue weighted by Gasteiger charge is 2.22. The predicted molar refractivity (Wildman–Crippen MR) is 85.1 cm³/mol. The summed E-state index contributed by atoms with van der Waals surface area (Å²) in [6.45, 7) is 7.32. The van der Waals surface area contributed by atoms with Crippen molar-refractivity contribution in [3.8, 4) is 11.5 Å². The van der Waals surface area contributed by atoms with Gasteiger partial charge in [0, 0.05) is 32.2 Å². The Balaban J connectivity index is 1.48. The SMILES string of the molecule is C[C@@H]1CN(CCNC(=O)c2cc(-c3ccco3)[nH]n2)C[C@H](C)O1. The highest BCUT2D eigenvalue weighted by atomic mass is 16.5. The molecule has 0 spiro atoms. The summed E-state index contributed by atoms with van der Waals surface area (Å²) in [5, 5.41) is 9.74. The van der Waals surface area contributed by atoms with Gasteiger partial charge in [-0.25, -0.2) is 0 Å². The van der Waals surface area contributed by atoms with Crippen LogP contribution in [0.15, 0.2) is 28.9 Å². The number of aromatic nitrogens is 2. The van der Waals surface area contributed by atoms with Crippen LogP contribution in [-0.2, 0) is 4.74 Å². The third-order valence-corrected chi connectivity index (χ3v) is 3.81. The van der Waals surface area contributed by atoms with Crippen molar-refractivity contribution in [3.05, 3.63) is 30.2 Å². The minimum Gasteiger partial charge on any atom is -0.463 e. The number of furan rings is 1. The summed E-state index contributed by atoms with van der Waals surface area (Å²) < 4.78 is 11.0. The fraction of sp³-hybridized carbons (Fsp3) is 0.500. The monoisotopic (exact) mass is 318 g/mol. The molecule has 1 fully saturated rings. The van der Waals surface area contributed by atoms with Crippen molar-refractivity contribution in [1.29, 1.82) is 0 Å². The standard InChI is InChI=1S/C16H22N4O3/c1-11-9-20(10-12(2)23-11)6-5-17-16(21)14-8-13(18-19-14)15-4-3-7-22-15/h3-4,7-8,11-12H,5-6,9-10H2,1-2H3,(H,17,21)(H,18,19)/t11-,12+. The predicted octanol–water partition coefficient (Wildman–Crippen LogP) is 1.51. The maximum Gasteiger partial charge on any atom is 0.271 e. The molecule has 0 radical (unpaired) electrons. The molecule has 2 atom stereocenters. The zero-order valence-corrected chi connectivity index (χ0v) is 13.4. The number of rotatable bonds is 5. The number of aromatic amines is 1. The van der Waals surface area contributed by atoms with Gasteiger partial charge in [-0.05, 0) is 26.0 Å². The van der Waals surface area contributed by atoms with E-state index in [1.54, 1.807) is 18.4 Å². The molecule has 3 rings (SSSR count). The zero-order chi connectivity index (χ0) is 16.2. The first-order valence-electron chi connectivity index (χ1n) is 7.87. The van der Waals surface area contributed by atoms with E-state index in [0.29, 0.717) is 23.7 Å². The van der Waals surface area contributed by atoms with Crippen molar-refractivity contribution >= 4 is 5.91 Å². The van der Waals surface area contributed by atoms with Crippen LogP contribution >= 0.6 is 0 Å². The van der Waals surface area contributed by atoms with Crippen molar-refractivity contribution in [1.82, 2.24) is 20.4 Å². The molecule has 1 saturated heterocycles. The van der Waals surface area contributed by atoms with Gasteiger partial charge in [0.05, 0.1) is 18.5 Å². The molecule has 1 aliphatic rings. The second-order valence-corrected chi connectivity index (χ2v) is 5.92. The van der Waals surface area contributed by atoms with E-state index in [1.807, 2.05) is 6.07 Å². The quantitative estimate of drug-likeness (QED) is 0.873. The minimum atomic E-state index is -0.187. The van der Waals surface area contributed by atoms with E-state index in [2.05, 4.69) is 34.3 Å². The van der Waals surface area contributed by atoms with Crippen molar-refractivity contribution in [2.24, 2.45) is 0 Å². The second-order valence-electron chi connectivity index (χ2n) is 5.92. The van der Waals surface area contributed by atoms with E-state index < -0.39 is 0 Å². The second kappa shape index (κ2) is 6.97. The summed E-state index contributed by atoms with van der Waals surface area (Å²) in [5.41, 5.74) is 1.05. The van der Waals surface area contributed by atoms with Gasteiger partial charge in [-0.3, -0.25) is 14.8 Å². The van der Waals surface area contributed by atoms with Crippen LogP contribution in [0.2, 0.25) is 0 Å². The summed E-state index contributed by atoms with van der Waals surface area (Å²) in [7, 11) is 0. The first kappa shape index (κ1) is 15.8. The Morgan fingerprint density at radius 1 is 1.43 bits per heavy atom. The molecular weight excluding hydrogens is 296 g/mol. The van der Waals surface area contributed by atoms with Gasteiger partial charge in [0.15, 0.2) is 11.5 Å². The number of carbonyl (C=O) groups excluding carboxylic acids is 1. The van der Waals surface area contributed by atoms with Crippen LogP contribution in [-0.4, -0.2) is 59.4 Å². The van der Waals surface area contributed by atoms with E-state index in [9.17, 15) is 4.79 Å². The number of hydrogen-bond acceptors (Lipinski definition) is 5. The van der Waals surface area contributed by atoms with Gasteiger partial charge < -0.3 is 14.5 Å². The van der Waals surface area contributed by atoms with Crippen molar-refractivity contribution in [3.63, 3.8) is 0 Å². The van der Waals surface area contributed by atoms with Gasteiger partial charge in [-0.2, -0.15) is 5.10 Å². The number of H-pyrrole nitrogens is 1. The highest BCUT2D eigenvalue weighted by molar-refractivity contribution is 5.93. The smallest absolute Gasteiger partial charge is 0.271 e. The maximum absolute atomic E-state index is 12.1. The van der Waals surface area contributed by atoms with Crippen LogP contribution in [0.3, 0.4) is 0 Å². The first-order chi connectivity index (χ1) is 11.1. The van der Waals surface area contributed by atoms with Crippen molar-refractivity contribution in [2.45, 2.75) is 26.1 Å². The molecule has 2 aromatic rings. The molecule has 23 heavy (non-hydrogen) atoms. The van der Waals surface area contributed by atoms with Gasteiger partial charge in [-0.1, -0.05) is 0 Å². The lowest BCUT2D eigenvalue weighted by Crippen LogP contribution is -2.47. The zero-order valence-electron chi connectivity index (χ0n) is 13.4. The lowest BCUT2D eigenvalue weighted by atomic mass is 10.2. The number of carbonyl (C=O) groups is 1. The van der Waals surface area contributed by atoms with Gasteiger partial charge in [0.25, 0.3) is 5.91 Å². The van der Waals surface area contributed by atoms with Gasteiger partial charge in [0.2, 0.25) is 0 Å². The van der Waals surface area contributed by atoms with E-state index in [1.165, 1.54) is 0 Å². The maximum atomic E-state index is 12.1. The molecule has 3 heterocycles. The third-order valence-electron chi connectivity index (χ3n) is 3.81. The topological polar surface area (TPSA) is 83.4 Å². The molecule has 0 unspecified atom stereocenters. The number of nitrogens with zero attached hydrogens (tertiary/aromatic N) is 2. The summed E-state index contributed by atoms with van der Waals surface area (Å²) >= 11 is 0. The van der Waals surface area contributed by atoms with E-state index in [4.69, 9.17) is 9.15 Å². The molecule has 7 heteroatoms. The molecule has 7 nitrogen and oxygen atoms in total. The van der Waals surface area contributed by atoms with Crippen LogP contribution in [0.4, 0.5) is 0 Å². The molecular formula is C16H22N4O3. The number of nitrogens with one attached hydrogen (secondary N) is 2. The fourth-order valence-corrected chi connectivity index (χ4v) is 2.88. The Morgan fingerprint density at radius 3 is 2.91 bits per heavy atom. The fourth-order valence-electron chi connectivity index (χ4n) is 2.88. The number of morpholine rings is 1. The Kier molecular flexibility index (Phi) is 4.78. The van der Waals surface area contributed by atoms with E-state index in [0.717, 1.165) is 19.6 Å². The average molecular weight is 318 g/mol. The minimum absolute atomic E-state index is 0.187. The molecule has 2 N–H and O–H groups in total. The van der Waals surface area contributed by atoms with Crippen molar-refractivity contribution < 1.29 is 13.9 Å². The van der Waals surface area contributed by atoms with Crippen LogP contribution in [0.5, 0.6) is 0 Å². The molecule has 1 amide bonds. The van der Waals surface area contributed by atoms with Crippen LogP contribution in [0.25, 0.3) is 11.5 Å². The lowest BCUT2D eigenvalue weighted by Gasteiger charge is -2.35. The van der Waals surface area contributed by atoms with Gasteiger partial charge >= 0.3 is 0 Å². The normalized spacial score (nSPS) is 22.2. The number of amides is 1. The summed E-state index contributed by atoms with van der Waals surface area (Å²) in [4.78, 5) is 14.4. The van der Waals surface area contributed by atoms with Gasteiger partial charge in [0.1, 0.15) is 5.69 Å². The number of hydrogen-bond donors (Lipinski definition) is 2. The van der Waals surface area contributed by atoms with Crippen LogP contribution < -0.4 is 5.32 Å². The van der Waals surface area contributed by atoms with Crippen LogP contribution in [0, 0.1) is 0 Å². The first-order valence-corrected chi connectivity index (χ1v) is 7.87. The van der Waals surface area contributed by atoms with E-state index >= 15 is 0 Å². The number of ether oxygens (including phenoxy) is 1. The average Bonchev–Trinajstić information content (AvgIpc) is 3.17. The summed E-state index contributed by atoms with van der Waals surface area (Å²) in [5.74, 6) is 0.473. The van der Waals surface area contributed by atoms with E-state index in [-0.39, 0.29) is 18.1 Å². The third kappa shape index (κ3) is 4.00. The van der Waals surface area contributed by atoms with Crippen LogP contribution in [0.1, 0.15) is 24.3 Å². The summed E-state index contributed by atoms with van der Waals surface area (Å²) in [6, 6.07) is 5.29.